The lowest BCUT2D eigenvalue weighted by Crippen LogP contribution is -2.46. The standard InChI is InChI=1S/C13H18ClN3O/c14-12-3-1-2-11(10-12)13(18)16-6-9-17-7-4-15-5-8-17/h1-3,10,15H,4-9H2,(H,16,18). The number of hydrogen-bond acceptors (Lipinski definition) is 3. The van der Waals surface area contributed by atoms with Crippen molar-refractivity contribution in [3.63, 3.8) is 0 Å². The molecule has 1 amide bonds. The predicted octanol–water partition coefficient (Wildman–Crippen LogP) is 0.975. The molecule has 0 unspecified atom stereocenters. The summed E-state index contributed by atoms with van der Waals surface area (Å²) in [5.74, 6) is -0.0624. The first-order valence-electron chi connectivity index (χ1n) is 6.22. The molecular formula is C13H18ClN3O. The molecule has 1 aliphatic rings. The van der Waals surface area contributed by atoms with Gasteiger partial charge < -0.3 is 10.6 Å². The van der Waals surface area contributed by atoms with Crippen LogP contribution in [0.15, 0.2) is 24.3 Å². The maximum absolute atomic E-state index is 11.8. The lowest BCUT2D eigenvalue weighted by atomic mass is 10.2. The van der Waals surface area contributed by atoms with E-state index in [0.29, 0.717) is 17.1 Å². The Morgan fingerprint density at radius 1 is 1.39 bits per heavy atom. The molecule has 1 saturated heterocycles. The minimum Gasteiger partial charge on any atom is -0.351 e. The number of nitrogens with one attached hydrogen (secondary N) is 2. The number of amides is 1. The summed E-state index contributed by atoms with van der Waals surface area (Å²) < 4.78 is 0. The fourth-order valence-corrected chi connectivity index (χ4v) is 2.18. The number of piperazine rings is 1. The highest BCUT2D eigenvalue weighted by atomic mass is 35.5. The van der Waals surface area contributed by atoms with E-state index in [9.17, 15) is 4.79 Å². The van der Waals surface area contributed by atoms with Gasteiger partial charge in [0.1, 0.15) is 0 Å². The van der Waals surface area contributed by atoms with Crippen LogP contribution in [0.5, 0.6) is 0 Å². The molecule has 1 fully saturated rings. The Morgan fingerprint density at radius 2 is 2.17 bits per heavy atom. The van der Waals surface area contributed by atoms with Crippen molar-refractivity contribution in [1.29, 1.82) is 0 Å². The number of carbonyl (C=O) groups is 1. The second-order valence-corrected chi connectivity index (χ2v) is 4.79. The van der Waals surface area contributed by atoms with Gasteiger partial charge in [0.15, 0.2) is 0 Å². The fourth-order valence-electron chi connectivity index (χ4n) is 1.99. The molecule has 4 nitrogen and oxygen atoms in total. The van der Waals surface area contributed by atoms with Crippen molar-refractivity contribution in [3.8, 4) is 0 Å². The SMILES string of the molecule is O=C(NCCN1CCNCC1)c1cccc(Cl)c1. The summed E-state index contributed by atoms with van der Waals surface area (Å²) in [7, 11) is 0. The van der Waals surface area contributed by atoms with Crippen LogP contribution in [0.25, 0.3) is 0 Å². The highest BCUT2D eigenvalue weighted by Crippen LogP contribution is 2.10. The molecule has 0 aromatic heterocycles. The molecule has 1 heterocycles. The molecule has 1 aromatic rings. The second kappa shape index (κ2) is 6.73. The molecule has 0 aliphatic carbocycles. The van der Waals surface area contributed by atoms with Crippen LogP contribution in [0.2, 0.25) is 5.02 Å². The summed E-state index contributed by atoms with van der Waals surface area (Å²) >= 11 is 5.85. The quantitative estimate of drug-likeness (QED) is 0.855. The van der Waals surface area contributed by atoms with Gasteiger partial charge in [0.25, 0.3) is 5.91 Å². The van der Waals surface area contributed by atoms with Crippen LogP contribution in [-0.2, 0) is 0 Å². The van der Waals surface area contributed by atoms with Crippen LogP contribution < -0.4 is 10.6 Å². The number of carbonyl (C=O) groups excluding carboxylic acids is 1. The third kappa shape index (κ3) is 3.98. The van der Waals surface area contributed by atoms with Gasteiger partial charge in [0, 0.05) is 49.9 Å². The Labute approximate surface area is 112 Å². The Balaban J connectivity index is 1.74. The van der Waals surface area contributed by atoms with Crippen molar-refractivity contribution < 1.29 is 4.79 Å². The van der Waals surface area contributed by atoms with Gasteiger partial charge in [0.05, 0.1) is 0 Å². The van der Waals surface area contributed by atoms with Gasteiger partial charge in [-0.25, -0.2) is 0 Å². The summed E-state index contributed by atoms with van der Waals surface area (Å²) in [4.78, 5) is 14.2. The lowest BCUT2D eigenvalue weighted by Gasteiger charge is -2.27. The van der Waals surface area contributed by atoms with Gasteiger partial charge in [-0.05, 0) is 18.2 Å². The summed E-state index contributed by atoms with van der Waals surface area (Å²) in [5, 5.41) is 6.80. The summed E-state index contributed by atoms with van der Waals surface area (Å²) in [6.07, 6.45) is 0. The third-order valence-electron chi connectivity index (χ3n) is 3.01. The zero-order valence-corrected chi connectivity index (χ0v) is 11.0. The maximum Gasteiger partial charge on any atom is 0.251 e. The molecule has 0 saturated carbocycles. The van der Waals surface area contributed by atoms with Crippen LogP contribution >= 0.6 is 11.6 Å². The van der Waals surface area contributed by atoms with E-state index in [1.807, 2.05) is 0 Å². The molecule has 98 valence electrons. The Hall–Kier alpha value is -1.10. The molecule has 0 bridgehead atoms. The Kier molecular flexibility index (Phi) is 4.99. The summed E-state index contributed by atoms with van der Waals surface area (Å²) in [5.41, 5.74) is 0.614. The van der Waals surface area contributed by atoms with E-state index in [2.05, 4.69) is 15.5 Å². The number of rotatable bonds is 4. The first kappa shape index (κ1) is 13.3. The molecule has 1 aliphatic heterocycles. The van der Waals surface area contributed by atoms with E-state index in [-0.39, 0.29) is 5.91 Å². The molecule has 2 N–H and O–H groups in total. The summed E-state index contributed by atoms with van der Waals surface area (Å²) in [6.45, 7) is 5.73. The van der Waals surface area contributed by atoms with Crippen LogP contribution in [0.4, 0.5) is 0 Å². The molecule has 0 atom stereocenters. The molecular weight excluding hydrogens is 250 g/mol. The van der Waals surface area contributed by atoms with E-state index < -0.39 is 0 Å². The minimum atomic E-state index is -0.0624. The second-order valence-electron chi connectivity index (χ2n) is 4.36. The Bertz CT molecular complexity index is 405. The number of nitrogens with zero attached hydrogens (tertiary/aromatic N) is 1. The smallest absolute Gasteiger partial charge is 0.251 e. The molecule has 1 aromatic carbocycles. The van der Waals surface area contributed by atoms with Crippen LogP contribution in [0.1, 0.15) is 10.4 Å². The minimum absolute atomic E-state index is 0.0624. The van der Waals surface area contributed by atoms with Gasteiger partial charge in [-0.2, -0.15) is 0 Å². The molecule has 0 radical (unpaired) electrons. The first-order valence-corrected chi connectivity index (χ1v) is 6.60. The van der Waals surface area contributed by atoms with Crippen molar-refractivity contribution in [2.45, 2.75) is 0 Å². The van der Waals surface area contributed by atoms with Crippen LogP contribution in [0.3, 0.4) is 0 Å². The van der Waals surface area contributed by atoms with E-state index >= 15 is 0 Å². The highest BCUT2D eigenvalue weighted by Gasteiger charge is 2.10. The van der Waals surface area contributed by atoms with E-state index in [1.54, 1.807) is 24.3 Å². The van der Waals surface area contributed by atoms with Crippen molar-refractivity contribution in [2.24, 2.45) is 0 Å². The lowest BCUT2D eigenvalue weighted by molar-refractivity contribution is 0.0947. The average molecular weight is 268 g/mol. The fraction of sp³-hybridized carbons (Fsp3) is 0.462. The monoisotopic (exact) mass is 267 g/mol. The molecule has 2 rings (SSSR count). The van der Waals surface area contributed by atoms with Crippen molar-refractivity contribution in [3.05, 3.63) is 34.9 Å². The molecule has 0 spiro atoms. The zero-order chi connectivity index (χ0) is 12.8. The van der Waals surface area contributed by atoms with E-state index in [4.69, 9.17) is 11.6 Å². The normalized spacial score (nSPS) is 16.5. The topological polar surface area (TPSA) is 44.4 Å². The van der Waals surface area contributed by atoms with Crippen molar-refractivity contribution in [1.82, 2.24) is 15.5 Å². The first-order chi connectivity index (χ1) is 8.75. The zero-order valence-electron chi connectivity index (χ0n) is 10.3. The predicted molar refractivity (Wildman–Crippen MR) is 73.1 cm³/mol. The molecule has 18 heavy (non-hydrogen) atoms. The highest BCUT2D eigenvalue weighted by molar-refractivity contribution is 6.30. The number of hydrogen-bond donors (Lipinski definition) is 2. The van der Waals surface area contributed by atoms with Gasteiger partial charge in [0.2, 0.25) is 0 Å². The third-order valence-corrected chi connectivity index (χ3v) is 3.25. The van der Waals surface area contributed by atoms with Crippen molar-refractivity contribution >= 4 is 17.5 Å². The largest absolute Gasteiger partial charge is 0.351 e. The Morgan fingerprint density at radius 3 is 2.89 bits per heavy atom. The van der Waals surface area contributed by atoms with Gasteiger partial charge in [-0.1, -0.05) is 17.7 Å². The number of benzene rings is 1. The van der Waals surface area contributed by atoms with Crippen LogP contribution in [-0.4, -0.2) is 50.1 Å². The van der Waals surface area contributed by atoms with Gasteiger partial charge in [-0.15, -0.1) is 0 Å². The maximum atomic E-state index is 11.8. The number of halogens is 1. The van der Waals surface area contributed by atoms with E-state index in [0.717, 1.165) is 32.7 Å². The van der Waals surface area contributed by atoms with Crippen LogP contribution in [0, 0.1) is 0 Å². The van der Waals surface area contributed by atoms with Gasteiger partial charge in [-0.3, -0.25) is 9.69 Å². The average Bonchev–Trinajstić information content (AvgIpc) is 2.40. The van der Waals surface area contributed by atoms with E-state index in [1.165, 1.54) is 0 Å². The van der Waals surface area contributed by atoms with Gasteiger partial charge >= 0.3 is 0 Å². The summed E-state index contributed by atoms with van der Waals surface area (Å²) in [6, 6.07) is 7.00. The molecule has 5 heteroatoms. The van der Waals surface area contributed by atoms with Crippen molar-refractivity contribution in [2.75, 3.05) is 39.3 Å².